The van der Waals surface area contributed by atoms with Gasteiger partial charge in [0.15, 0.2) is 0 Å². The monoisotopic (exact) mass is 275 g/mol. The van der Waals surface area contributed by atoms with E-state index in [1.54, 1.807) is 25.3 Å². The molecule has 3 rings (SSSR count). The van der Waals surface area contributed by atoms with Crippen LogP contribution in [0.1, 0.15) is 19.3 Å². The van der Waals surface area contributed by atoms with Crippen LogP contribution in [-0.2, 0) is 4.79 Å². The van der Waals surface area contributed by atoms with Gasteiger partial charge in [0.1, 0.15) is 5.75 Å². The number of carbonyl (C=O) groups is 1. The highest BCUT2D eigenvalue weighted by Crippen LogP contribution is 2.37. The molecular weight excluding hydrogens is 254 g/mol. The number of carbonyl (C=O) groups excluding carboxylic acids is 1. The van der Waals surface area contributed by atoms with Crippen LogP contribution in [0.25, 0.3) is 0 Å². The first kappa shape index (κ1) is 13.2. The van der Waals surface area contributed by atoms with E-state index in [4.69, 9.17) is 10.5 Å². The number of fused-ring (bicyclic) bond motifs is 2. The number of methoxy groups -OCH3 is 1. The minimum Gasteiger partial charge on any atom is -0.495 e. The van der Waals surface area contributed by atoms with Gasteiger partial charge in [-0.3, -0.25) is 9.69 Å². The maximum Gasteiger partial charge on any atom is 0.238 e. The summed E-state index contributed by atoms with van der Waals surface area (Å²) in [4.78, 5) is 14.5. The minimum absolute atomic E-state index is 0.00134. The van der Waals surface area contributed by atoms with E-state index in [1.807, 2.05) is 0 Å². The van der Waals surface area contributed by atoms with Gasteiger partial charge in [0.05, 0.1) is 19.3 Å². The Bertz CT molecular complexity index is 518. The molecule has 1 saturated heterocycles. The first-order valence-electron chi connectivity index (χ1n) is 7.13. The summed E-state index contributed by atoms with van der Waals surface area (Å²) in [5.74, 6) is 1.44. The van der Waals surface area contributed by atoms with Gasteiger partial charge in [0.25, 0.3) is 0 Å². The second-order valence-electron chi connectivity index (χ2n) is 5.77. The summed E-state index contributed by atoms with van der Waals surface area (Å²) in [5, 5.41) is 2.90. The predicted molar refractivity (Wildman–Crippen MR) is 78.7 cm³/mol. The van der Waals surface area contributed by atoms with E-state index in [-0.39, 0.29) is 5.91 Å². The lowest BCUT2D eigenvalue weighted by molar-refractivity contribution is -0.117. The van der Waals surface area contributed by atoms with Gasteiger partial charge in [-0.05, 0) is 43.4 Å². The van der Waals surface area contributed by atoms with Crippen LogP contribution in [0.5, 0.6) is 5.75 Å². The predicted octanol–water partition coefficient (Wildman–Crippen LogP) is 1.70. The standard InChI is InChI=1S/C15H21N3O2/c1-20-14-5-3-11(16)7-13(14)17-15(19)9-18-8-10-2-4-12(18)6-10/h3,5,7,10,12H,2,4,6,8-9,16H2,1H3,(H,17,19). The molecule has 2 fully saturated rings. The summed E-state index contributed by atoms with van der Waals surface area (Å²) in [6, 6.07) is 5.86. The van der Waals surface area contributed by atoms with Gasteiger partial charge in [-0.15, -0.1) is 0 Å². The number of piperidine rings is 1. The Morgan fingerprint density at radius 2 is 2.35 bits per heavy atom. The fourth-order valence-corrected chi connectivity index (χ4v) is 3.42. The van der Waals surface area contributed by atoms with Gasteiger partial charge in [-0.1, -0.05) is 0 Å². The van der Waals surface area contributed by atoms with Gasteiger partial charge in [0.2, 0.25) is 5.91 Å². The molecule has 2 atom stereocenters. The van der Waals surface area contributed by atoms with Crippen LogP contribution in [0, 0.1) is 5.92 Å². The molecule has 3 N–H and O–H groups in total. The van der Waals surface area contributed by atoms with Crippen molar-refractivity contribution in [2.75, 3.05) is 31.2 Å². The highest BCUT2D eigenvalue weighted by Gasteiger charge is 2.38. The van der Waals surface area contributed by atoms with Gasteiger partial charge < -0.3 is 15.8 Å². The fourth-order valence-electron chi connectivity index (χ4n) is 3.42. The number of likely N-dealkylation sites (tertiary alicyclic amines) is 1. The van der Waals surface area contributed by atoms with Crippen molar-refractivity contribution in [3.05, 3.63) is 18.2 Å². The zero-order valence-electron chi connectivity index (χ0n) is 11.8. The number of rotatable bonds is 4. The molecular formula is C15H21N3O2. The molecule has 108 valence electrons. The van der Waals surface area contributed by atoms with E-state index in [9.17, 15) is 4.79 Å². The Kier molecular flexibility index (Phi) is 3.53. The maximum absolute atomic E-state index is 12.2. The van der Waals surface area contributed by atoms with Crippen LogP contribution in [0.3, 0.4) is 0 Å². The van der Waals surface area contributed by atoms with E-state index in [0.29, 0.717) is 29.7 Å². The summed E-state index contributed by atoms with van der Waals surface area (Å²) >= 11 is 0. The molecule has 1 aliphatic carbocycles. The molecule has 2 aliphatic rings. The number of nitrogens with zero attached hydrogens (tertiary/aromatic N) is 1. The highest BCUT2D eigenvalue weighted by atomic mass is 16.5. The SMILES string of the molecule is COc1ccc(N)cc1NC(=O)CN1CC2CCC1C2. The topological polar surface area (TPSA) is 67.6 Å². The maximum atomic E-state index is 12.2. The minimum atomic E-state index is 0.00134. The summed E-state index contributed by atoms with van der Waals surface area (Å²) in [7, 11) is 1.58. The molecule has 2 bridgehead atoms. The Balaban J connectivity index is 1.63. The highest BCUT2D eigenvalue weighted by molar-refractivity contribution is 5.94. The van der Waals surface area contributed by atoms with E-state index in [2.05, 4.69) is 10.2 Å². The Labute approximate surface area is 119 Å². The summed E-state index contributed by atoms with van der Waals surface area (Å²) < 4.78 is 5.24. The molecule has 5 heteroatoms. The number of nitrogens with one attached hydrogen (secondary N) is 1. The van der Waals surface area contributed by atoms with Crippen molar-refractivity contribution in [1.82, 2.24) is 4.90 Å². The molecule has 1 aliphatic heterocycles. The molecule has 1 saturated carbocycles. The van der Waals surface area contributed by atoms with Crippen molar-refractivity contribution in [2.45, 2.75) is 25.3 Å². The number of nitrogens with two attached hydrogens (primary N) is 1. The molecule has 20 heavy (non-hydrogen) atoms. The van der Waals surface area contributed by atoms with Crippen LogP contribution in [0.4, 0.5) is 11.4 Å². The van der Waals surface area contributed by atoms with E-state index in [1.165, 1.54) is 19.3 Å². The van der Waals surface area contributed by atoms with Crippen LogP contribution in [0.15, 0.2) is 18.2 Å². The quantitative estimate of drug-likeness (QED) is 0.821. The number of ether oxygens (including phenoxy) is 1. The number of hydrogen-bond acceptors (Lipinski definition) is 4. The number of anilines is 2. The second-order valence-corrected chi connectivity index (χ2v) is 5.77. The zero-order chi connectivity index (χ0) is 14.1. The van der Waals surface area contributed by atoms with Crippen molar-refractivity contribution in [1.29, 1.82) is 0 Å². The van der Waals surface area contributed by atoms with Gasteiger partial charge in [0, 0.05) is 18.3 Å². The fraction of sp³-hybridized carbons (Fsp3) is 0.533. The van der Waals surface area contributed by atoms with Crippen LogP contribution in [-0.4, -0.2) is 37.0 Å². The molecule has 0 spiro atoms. The summed E-state index contributed by atoms with van der Waals surface area (Å²) in [6.07, 6.45) is 3.82. The molecule has 1 heterocycles. The first-order valence-corrected chi connectivity index (χ1v) is 7.13. The van der Waals surface area contributed by atoms with Gasteiger partial charge in [-0.2, -0.15) is 0 Å². The molecule has 0 aromatic heterocycles. The lowest BCUT2D eigenvalue weighted by Crippen LogP contribution is -2.38. The van der Waals surface area contributed by atoms with Crippen LogP contribution in [0.2, 0.25) is 0 Å². The normalized spacial score (nSPS) is 24.9. The van der Waals surface area contributed by atoms with Crippen molar-refractivity contribution in [3.63, 3.8) is 0 Å². The Hall–Kier alpha value is -1.75. The molecule has 1 amide bonds. The number of amides is 1. The summed E-state index contributed by atoms with van der Waals surface area (Å²) in [5.41, 5.74) is 7.01. The third-order valence-electron chi connectivity index (χ3n) is 4.37. The van der Waals surface area contributed by atoms with Crippen molar-refractivity contribution in [2.24, 2.45) is 5.92 Å². The second kappa shape index (κ2) is 5.32. The number of hydrogen-bond donors (Lipinski definition) is 2. The van der Waals surface area contributed by atoms with E-state index >= 15 is 0 Å². The molecule has 5 nitrogen and oxygen atoms in total. The molecule has 1 aromatic carbocycles. The average Bonchev–Trinajstić information content (AvgIpc) is 3.01. The van der Waals surface area contributed by atoms with E-state index in [0.717, 1.165) is 12.5 Å². The zero-order valence-corrected chi connectivity index (χ0v) is 11.8. The van der Waals surface area contributed by atoms with E-state index < -0.39 is 0 Å². The lowest BCUT2D eigenvalue weighted by atomic mass is 10.1. The summed E-state index contributed by atoms with van der Waals surface area (Å²) in [6.45, 7) is 1.52. The first-order chi connectivity index (χ1) is 9.65. The van der Waals surface area contributed by atoms with Crippen molar-refractivity contribution in [3.8, 4) is 5.75 Å². The van der Waals surface area contributed by atoms with Crippen LogP contribution >= 0.6 is 0 Å². The third kappa shape index (κ3) is 2.58. The Morgan fingerprint density at radius 1 is 1.50 bits per heavy atom. The van der Waals surface area contributed by atoms with Gasteiger partial charge >= 0.3 is 0 Å². The lowest BCUT2D eigenvalue weighted by Gasteiger charge is -2.26. The van der Waals surface area contributed by atoms with Gasteiger partial charge in [-0.25, -0.2) is 0 Å². The smallest absolute Gasteiger partial charge is 0.238 e. The van der Waals surface area contributed by atoms with Crippen molar-refractivity contribution < 1.29 is 9.53 Å². The average molecular weight is 275 g/mol. The number of nitrogen functional groups attached to an aromatic ring is 1. The molecule has 0 radical (unpaired) electrons. The molecule has 2 unspecified atom stereocenters. The third-order valence-corrected chi connectivity index (χ3v) is 4.37. The Morgan fingerprint density at radius 3 is 3.00 bits per heavy atom. The largest absolute Gasteiger partial charge is 0.495 e. The van der Waals surface area contributed by atoms with Crippen molar-refractivity contribution >= 4 is 17.3 Å². The molecule has 1 aromatic rings. The number of benzene rings is 1. The van der Waals surface area contributed by atoms with Crippen LogP contribution < -0.4 is 15.8 Å².